The van der Waals surface area contributed by atoms with E-state index in [9.17, 15) is 4.39 Å². The largest absolute Gasteiger partial charge is 0.493 e. The van der Waals surface area contributed by atoms with Gasteiger partial charge in [0, 0.05) is 37.8 Å². The highest BCUT2D eigenvalue weighted by molar-refractivity contribution is 5.85. The van der Waals surface area contributed by atoms with E-state index in [1.165, 1.54) is 13.2 Å². The molecule has 0 bridgehead atoms. The lowest BCUT2D eigenvalue weighted by Gasteiger charge is -2.36. The molecule has 0 amide bonds. The summed E-state index contributed by atoms with van der Waals surface area (Å²) in [6.45, 7) is 9.87. The van der Waals surface area contributed by atoms with Crippen LogP contribution >= 0.6 is 24.8 Å². The number of rotatable bonds is 5. The molecule has 1 aromatic carbocycles. The number of nitrogens with one attached hydrogen (secondary N) is 1. The number of methoxy groups -OCH3 is 1. The predicted molar refractivity (Wildman–Crippen MR) is 94.1 cm³/mol. The lowest BCUT2D eigenvalue weighted by atomic mass is 9.97. The van der Waals surface area contributed by atoms with Gasteiger partial charge in [0.15, 0.2) is 11.6 Å². The molecule has 0 radical (unpaired) electrons. The normalized spacial score (nSPS) is 16.1. The number of ether oxygens (including phenoxy) is 1. The van der Waals surface area contributed by atoms with Crippen LogP contribution in [-0.4, -0.2) is 38.2 Å². The second-order valence-corrected chi connectivity index (χ2v) is 5.33. The molecule has 0 unspecified atom stereocenters. The van der Waals surface area contributed by atoms with Gasteiger partial charge in [-0.2, -0.15) is 0 Å². The van der Waals surface area contributed by atoms with Crippen LogP contribution in [0.25, 0.3) is 0 Å². The van der Waals surface area contributed by atoms with Crippen molar-refractivity contribution in [1.29, 1.82) is 0 Å². The van der Waals surface area contributed by atoms with Gasteiger partial charge in [0.1, 0.15) is 0 Å². The monoisotopic (exact) mass is 350 g/mol. The van der Waals surface area contributed by atoms with E-state index in [1.54, 1.807) is 6.07 Å². The van der Waals surface area contributed by atoms with Gasteiger partial charge in [-0.1, -0.05) is 17.7 Å². The Morgan fingerprint density at radius 2 is 2.00 bits per heavy atom. The van der Waals surface area contributed by atoms with Gasteiger partial charge < -0.3 is 10.1 Å². The molecule has 0 aromatic heterocycles. The summed E-state index contributed by atoms with van der Waals surface area (Å²) in [6, 6.07) is 5.27. The third kappa shape index (κ3) is 5.13. The highest BCUT2D eigenvalue weighted by Crippen LogP contribution is 2.35. The van der Waals surface area contributed by atoms with Crippen LogP contribution in [0.15, 0.2) is 30.4 Å². The summed E-state index contributed by atoms with van der Waals surface area (Å²) in [4.78, 5) is 2.38. The van der Waals surface area contributed by atoms with Crippen molar-refractivity contribution in [2.24, 2.45) is 0 Å². The lowest BCUT2D eigenvalue weighted by Crippen LogP contribution is -2.45. The van der Waals surface area contributed by atoms with Gasteiger partial charge in [-0.3, -0.25) is 4.90 Å². The molecule has 1 fully saturated rings. The maximum atomic E-state index is 13.9. The first-order valence-corrected chi connectivity index (χ1v) is 7.05. The zero-order valence-corrected chi connectivity index (χ0v) is 14.7. The number of hydrogen-bond acceptors (Lipinski definition) is 3. The van der Waals surface area contributed by atoms with E-state index in [0.29, 0.717) is 5.75 Å². The summed E-state index contributed by atoms with van der Waals surface area (Å²) in [5.41, 5.74) is 2.01. The van der Waals surface area contributed by atoms with Gasteiger partial charge in [0.05, 0.1) is 7.11 Å². The number of para-hydroxylation sites is 1. The van der Waals surface area contributed by atoms with Crippen LogP contribution < -0.4 is 10.1 Å². The summed E-state index contributed by atoms with van der Waals surface area (Å²) < 4.78 is 19.2. The maximum Gasteiger partial charge on any atom is 0.165 e. The quantitative estimate of drug-likeness (QED) is 0.821. The number of nitrogens with zero attached hydrogens (tertiary/aromatic N) is 1. The Morgan fingerprint density at radius 1 is 1.36 bits per heavy atom. The highest BCUT2D eigenvalue weighted by Gasteiger charge is 2.26. The molecule has 1 N–H and O–H groups in total. The minimum absolute atomic E-state index is 0. The standard InChI is InChI=1S/C16H23FN2O.2ClH/c1-12(2)11-15(19-9-7-18-8-10-19)13-5-4-6-14(17)16(13)20-3;;/h4-6,15,18H,1,7-11H2,2-3H3;2*1H/t15-;;/m1../s1. The Balaban J connectivity index is 0.00000220. The first-order valence-electron chi connectivity index (χ1n) is 7.05. The van der Waals surface area contributed by atoms with E-state index >= 15 is 0 Å². The highest BCUT2D eigenvalue weighted by atomic mass is 35.5. The van der Waals surface area contributed by atoms with Crippen molar-refractivity contribution in [2.45, 2.75) is 19.4 Å². The minimum atomic E-state index is -0.299. The molecule has 1 aromatic rings. The van der Waals surface area contributed by atoms with Gasteiger partial charge in [0.25, 0.3) is 0 Å². The average Bonchev–Trinajstić information content (AvgIpc) is 2.45. The summed E-state index contributed by atoms with van der Waals surface area (Å²) in [6.07, 6.45) is 0.819. The van der Waals surface area contributed by atoms with Gasteiger partial charge in [-0.25, -0.2) is 4.39 Å². The SMILES string of the molecule is C=C(C)C[C@H](c1cccc(F)c1OC)N1CCNCC1.Cl.Cl. The molecule has 0 saturated carbocycles. The van der Waals surface area contributed by atoms with Crippen LogP contribution in [0.3, 0.4) is 0 Å². The fourth-order valence-electron chi connectivity index (χ4n) is 2.76. The molecule has 1 aliphatic heterocycles. The zero-order valence-electron chi connectivity index (χ0n) is 13.1. The Hall–Kier alpha value is -0.810. The van der Waals surface area contributed by atoms with Crippen molar-refractivity contribution in [2.75, 3.05) is 33.3 Å². The third-order valence-electron chi connectivity index (χ3n) is 3.69. The van der Waals surface area contributed by atoms with Gasteiger partial charge in [0.2, 0.25) is 0 Å². The third-order valence-corrected chi connectivity index (χ3v) is 3.69. The van der Waals surface area contributed by atoms with E-state index in [2.05, 4.69) is 16.8 Å². The predicted octanol–water partition coefficient (Wildman–Crippen LogP) is 3.59. The molecule has 0 spiro atoms. The fraction of sp³-hybridized carbons (Fsp3) is 0.500. The molecular formula is C16H25Cl2FN2O. The molecule has 6 heteroatoms. The average molecular weight is 351 g/mol. The Labute approximate surface area is 144 Å². The molecular weight excluding hydrogens is 326 g/mol. The first-order chi connectivity index (χ1) is 9.63. The molecule has 22 heavy (non-hydrogen) atoms. The Bertz CT molecular complexity index is 479. The molecule has 0 aliphatic carbocycles. The van der Waals surface area contributed by atoms with Crippen LogP contribution in [0, 0.1) is 5.82 Å². The maximum absolute atomic E-state index is 13.9. The summed E-state index contributed by atoms with van der Waals surface area (Å²) in [7, 11) is 1.53. The molecule has 2 rings (SSSR count). The number of benzene rings is 1. The van der Waals surface area contributed by atoms with Gasteiger partial charge in [-0.15, -0.1) is 31.4 Å². The lowest BCUT2D eigenvalue weighted by molar-refractivity contribution is 0.169. The van der Waals surface area contributed by atoms with E-state index in [0.717, 1.165) is 43.7 Å². The van der Waals surface area contributed by atoms with Crippen LogP contribution in [-0.2, 0) is 0 Å². The topological polar surface area (TPSA) is 24.5 Å². The number of halogens is 3. The Morgan fingerprint density at radius 3 is 2.55 bits per heavy atom. The second kappa shape index (κ2) is 10.1. The molecule has 3 nitrogen and oxygen atoms in total. The first kappa shape index (κ1) is 21.2. The fourth-order valence-corrected chi connectivity index (χ4v) is 2.76. The van der Waals surface area contributed by atoms with Crippen molar-refractivity contribution >= 4 is 24.8 Å². The molecule has 126 valence electrons. The number of piperazine rings is 1. The van der Waals surface area contributed by atoms with E-state index in [1.807, 2.05) is 13.0 Å². The van der Waals surface area contributed by atoms with Gasteiger partial charge >= 0.3 is 0 Å². The van der Waals surface area contributed by atoms with Crippen LogP contribution in [0.1, 0.15) is 24.9 Å². The van der Waals surface area contributed by atoms with Crippen LogP contribution in [0.2, 0.25) is 0 Å². The van der Waals surface area contributed by atoms with Crippen molar-refractivity contribution in [1.82, 2.24) is 10.2 Å². The molecule has 1 saturated heterocycles. The van der Waals surface area contributed by atoms with E-state index in [-0.39, 0.29) is 36.7 Å². The van der Waals surface area contributed by atoms with E-state index < -0.39 is 0 Å². The minimum Gasteiger partial charge on any atom is -0.493 e. The zero-order chi connectivity index (χ0) is 14.5. The second-order valence-electron chi connectivity index (χ2n) is 5.33. The van der Waals surface area contributed by atoms with Crippen molar-refractivity contribution in [3.8, 4) is 5.75 Å². The van der Waals surface area contributed by atoms with Crippen LogP contribution in [0.4, 0.5) is 4.39 Å². The molecule has 1 atom stereocenters. The van der Waals surface area contributed by atoms with Crippen molar-refractivity contribution in [3.63, 3.8) is 0 Å². The smallest absolute Gasteiger partial charge is 0.165 e. The van der Waals surface area contributed by atoms with Crippen molar-refractivity contribution < 1.29 is 9.13 Å². The Kier molecular flexibility index (Phi) is 9.69. The summed E-state index contributed by atoms with van der Waals surface area (Å²) >= 11 is 0. The van der Waals surface area contributed by atoms with Gasteiger partial charge in [-0.05, 0) is 19.4 Å². The summed E-state index contributed by atoms with van der Waals surface area (Å²) in [5, 5.41) is 3.34. The molecule has 1 heterocycles. The molecule has 1 aliphatic rings. The number of hydrogen-bond donors (Lipinski definition) is 1. The van der Waals surface area contributed by atoms with Crippen molar-refractivity contribution in [3.05, 3.63) is 41.7 Å². The van der Waals surface area contributed by atoms with E-state index in [4.69, 9.17) is 4.74 Å². The summed E-state index contributed by atoms with van der Waals surface area (Å²) in [5.74, 6) is 0.0594. The van der Waals surface area contributed by atoms with Crippen LogP contribution in [0.5, 0.6) is 5.75 Å².